The lowest BCUT2D eigenvalue weighted by Crippen LogP contribution is -2.59. The van der Waals surface area contributed by atoms with Gasteiger partial charge in [0.25, 0.3) is 0 Å². The van der Waals surface area contributed by atoms with Crippen LogP contribution in [-0.4, -0.2) is 11.1 Å². The van der Waals surface area contributed by atoms with E-state index in [1.165, 1.54) is 38.5 Å². The van der Waals surface area contributed by atoms with Crippen molar-refractivity contribution < 1.29 is 9.90 Å². The smallest absolute Gasteiger partial charge is 0.309 e. The monoisotopic (exact) mass is 302 g/mol. The first-order valence-corrected chi connectivity index (χ1v) is 9.50. The third-order valence-corrected chi connectivity index (χ3v) is 9.85. The van der Waals surface area contributed by atoms with Gasteiger partial charge >= 0.3 is 5.97 Å². The SMILES string of the molecule is C[C@@]12CCC[C@@](C)(C(=O)O)C1CC[C@@]13CC4[C@@H](CC12)[C@]4(C)C3. The summed E-state index contributed by atoms with van der Waals surface area (Å²) in [6.07, 6.45) is 10.1. The molecule has 122 valence electrons. The first-order chi connectivity index (χ1) is 10.3. The molecule has 6 aliphatic carbocycles. The van der Waals surface area contributed by atoms with Crippen LogP contribution in [0, 0.1) is 45.3 Å². The van der Waals surface area contributed by atoms with Crippen LogP contribution >= 0.6 is 0 Å². The van der Waals surface area contributed by atoms with E-state index in [9.17, 15) is 9.90 Å². The van der Waals surface area contributed by atoms with E-state index >= 15 is 0 Å². The van der Waals surface area contributed by atoms with E-state index in [1.54, 1.807) is 0 Å². The molecule has 2 nitrogen and oxygen atoms in total. The highest BCUT2D eigenvalue weighted by molar-refractivity contribution is 5.75. The predicted molar refractivity (Wildman–Crippen MR) is 85.3 cm³/mol. The van der Waals surface area contributed by atoms with Gasteiger partial charge in [-0.05, 0) is 91.8 Å². The maximum atomic E-state index is 12.0. The average Bonchev–Trinajstić information content (AvgIpc) is 2.89. The molecule has 6 fully saturated rings. The van der Waals surface area contributed by atoms with Gasteiger partial charge in [0.2, 0.25) is 0 Å². The summed E-state index contributed by atoms with van der Waals surface area (Å²) in [6, 6.07) is 0. The van der Waals surface area contributed by atoms with E-state index in [1.807, 2.05) is 0 Å². The number of fused-ring (bicyclic) bond motifs is 1. The molecule has 0 heterocycles. The fraction of sp³-hybridized carbons (Fsp3) is 0.950. The maximum absolute atomic E-state index is 12.0. The van der Waals surface area contributed by atoms with Gasteiger partial charge in [0.05, 0.1) is 5.41 Å². The van der Waals surface area contributed by atoms with Crippen molar-refractivity contribution in [3.63, 3.8) is 0 Å². The molecule has 0 aromatic carbocycles. The van der Waals surface area contributed by atoms with Gasteiger partial charge in [-0.2, -0.15) is 0 Å². The Hall–Kier alpha value is -0.530. The van der Waals surface area contributed by atoms with E-state index in [0.717, 1.165) is 30.6 Å². The molecule has 0 aromatic heterocycles. The van der Waals surface area contributed by atoms with Gasteiger partial charge in [-0.1, -0.05) is 20.3 Å². The molecule has 4 bridgehead atoms. The van der Waals surface area contributed by atoms with Crippen LogP contribution in [0.25, 0.3) is 0 Å². The van der Waals surface area contributed by atoms with Crippen LogP contribution in [0.3, 0.4) is 0 Å². The number of rotatable bonds is 1. The number of carbonyl (C=O) groups is 1. The lowest BCUT2D eigenvalue weighted by Gasteiger charge is -2.65. The van der Waals surface area contributed by atoms with Crippen molar-refractivity contribution >= 4 is 5.97 Å². The largest absolute Gasteiger partial charge is 0.481 e. The molecule has 6 saturated carbocycles. The molecule has 3 unspecified atom stereocenters. The fourth-order valence-corrected chi connectivity index (χ4v) is 8.87. The van der Waals surface area contributed by atoms with Crippen molar-refractivity contribution in [3.05, 3.63) is 0 Å². The molecule has 6 aliphatic rings. The third kappa shape index (κ3) is 1.26. The minimum absolute atomic E-state index is 0.290. The quantitative estimate of drug-likeness (QED) is 0.760. The van der Waals surface area contributed by atoms with Gasteiger partial charge in [0.1, 0.15) is 0 Å². The second-order valence-electron chi connectivity index (χ2n) is 10.4. The van der Waals surface area contributed by atoms with E-state index in [0.29, 0.717) is 22.2 Å². The molecule has 0 aromatic rings. The first kappa shape index (κ1) is 13.9. The predicted octanol–water partition coefficient (Wildman–Crippen LogP) is 4.73. The summed E-state index contributed by atoms with van der Waals surface area (Å²) in [5.41, 5.74) is 1.10. The van der Waals surface area contributed by atoms with Crippen LogP contribution in [0.15, 0.2) is 0 Å². The Labute approximate surface area is 134 Å². The van der Waals surface area contributed by atoms with Crippen molar-refractivity contribution in [2.24, 2.45) is 45.3 Å². The van der Waals surface area contributed by atoms with Gasteiger partial charge < -0.3 is 5.11 Å². The minimum Gasteiger partial charge on any atom is -0.481 e. The lowest BCUT2D eigenvalue weighted by molar-refractivity contribution is -0.187. The Morgan fingerprint density at radius 2 is 1.77 bits per heavy atom. The Bertz CT molecular complexity index is 570. The van der Waals surface area contributed by atoms with Gasteiger partial charge in [0.15, 0.2) is 0 Å². The lowest BCUT2D eigenvalue weighted by atomic mass is 9.39. The number of hydrogen-bond donors (Lipinski definition) is 1. The van der Waals surface area contributed by atoms with Crippen molar-refractivity contribution in [1.29, 1.82) is 0 Å². The van der Waals surface area contributed by atoms with E-state index in [2.05, 4.69) is 20.8 Å². The van der Waals surface area contributed by atoms with Gasteiger partial charge in [-0.3, -0.25) is 4.79 Å². The minimum atomic E-state index is -0.530. The first-order valence-electron chi connectivity index (χ1n) is 9.50. The number of carboxylic acid groups (broad SMARTS) is 1. The highest BCUT2D eigenvalue weighted by Crippen LogP contribution is 2.85. The summed E-state index contributed by atoms with van der Waals surface area (Å²) in [5, 5.41) is 9.92. The molecule has 0 radical (unpaired) electrons. The van der Waals surface area contributed by atoms with Crippen molar-refractivity contribution in [2.75, 3.05) is 0 Å². The van der Waals surface area contributed by atoms with E-state index < -0.39 is 11.4 Å². The highest BCUT2D eigenvalue weighted by atomic mass is 16.4. The standard InChI is InChI=1S/C20H30O2/c1-17-6-4-7-18(2,16(21)22)14(17)5-8-20-10-13-12(9-15(17)20)19(13,3)11-20/h12-15H,4-11H2,1-3H3,(H,21,22)/t12-,13?,14?,15?,17-,18-,19+,20+/m1/s1. The summed E-state index contributed by atoms with van der Waals surface area (Å²) >= 11 is 0. The summed E-state index contributed by atoms with van der Waals surface area (Å²) in [5.74, 6) is 2.70. The van der Waals surface area contributed by atoms with Crippen molar-refractivity contribution in [2.45, 2.75) is 72.1 Å². The zero-order valence-electron chi connectivity index (χ0n) is 14.3. The molecular formula is C20H30O2. The Morgan fingerprint density at radius 3 is 2.41 bits per heavy atom. The second-order valence-corrected chi connectivity index (χ2v) is 10.4. The molecular weight excluding hydrogens is 272 g/mol. The van der Waals surface area contributed by atoms with Crippen LogP contribution in [-0.2, 0) is 4.79 Å². The Morgan fingerprint density at radius 1 is 1.00 bits per heavy atom. The summed E-state index contributed by atoms with van der Waals surface area (Å²) in [7, 11) is 0. The fourth-order valence-electron chi connectivity index (χ4n) is 8.87. The summed E-state index contributed by atoms with van der Waals surface area (Å²) in [6.45, 7) is 7.09. The molecule has 8 atom stereocenters. The molecule has 6 rings (SSSR count). The van der Waals surface area contributed by atoms with Crippen LogP contribution in [0.5, 0.6) is 0 Å². The molecule has 2 heteroatoms. The summed E-state index contributed by atoms with van der Waals surface area (Å²) < 4.78 is 0. The molecule has 22 heavy (non-hydrogen) atoms. The molecule has 1 spiro atoms. The molecule has 0 saturated heterocycles. The van der Waals surface area contributed by atoms with Crippen LogP contribution in [0.4, 0.5) is 0 Å². The summed E-state index contributed by atoms with van der Waals surface area (Å²) in [4.78, 5) is 12.0. The van der Waals surface area contributed by atoms with Crippen LogP contribution < -0.4 is 0 Å². The van der Waals surface area contributed by atoms with Gasteiger partial charge in [0, 0.05) is 0 Å². The van der Waals surface area contributed by atoms with Gasteiger partial charge in [-0.25, -0.2) is 0 Å². The maximum Gasteiger partial charge on any atom is 0.309 e. The zero-order chi connectivity index (χ0) is 15.5. The van der Waals surface area contributed by atoms with Crippen LogP contribution in [0.2, 0.25) is 0 Å². The van der Waals surface area contributed by atoms with E-state index in [-0.39, 0.29) is 0 Å². The molecule has 0 amide bonds. The molecule has 0 aliphatic heterocycles. The second kappa shape index (κ2) is 3.59. The van der Waals surface area contributed by atoms with Gasteiger partial charge in [-0.15, -0.1) is 0 Å². The zero-order valence-corrected chi connectivity index (χ0v) is 14.3. The number of aliphatic carboxylic acids is 1. The highest BCUT2D eigenvalue weighted by Gasteiger charge is 2.78. The Kier molecular flexibility index (Phi) is 2.27. The number of hydrogen-bond acceptors (Lipinski definition) is 1. The van der Waals surface area contributed by atoms with Crippen molar-refractivity contribution in [1.82, 2.24) is 0 Å². The average molecular weight is 302 g/mol. The Balaban J connectivity index is 1.56. The molecule has 1 N–H and O–H groups in total. The van der Waals surface area contributed by atoms with Crippen LogP contribution in [0.1, 0.15) is 72.1 Å². The van der Waals surface area contributed by atoms with Crippen molar-refractivity contribution in [3.8, 4) is 0 Å². The van der Waals surface area contributed by atoms with E-state index in [4.69, 9.17) is 0 Å². The normalized spacial score (nSPS) is 64.7. The number of carboxylic acids is 1. The topological polar surface area (TPSA) is 37.3 Å². The third-order valence-electron chi connectivity index (χ3n) is 9.85.